The van der Waals surface area contributed by atoms with Gasteiger partial charge in [0.2, 0.25) is 0 Å². The number of halogens is 1. The number of hydrogen-bond acceptors (Lipinski definition) is 2. The predicted molar refractivity (Wildman–Crippen MR) is 100 cm³/mol. The SMILES string of the molecule is COC1CCC2C(CCC3C2CCC2(C)C(C(=O)CBr)CCC32)C1. The minimum atomic E-state index is 0.294. The van der Waals surface area contributed by atoms with Gasteiger partial charge in [0.05, 0.1) is 11.4 Å². The molecule has 0 aromatic heterocycles. The topological polar surface area (TPSA) is 26.3 Å². The predicted octanol–water partition coefficient (Wildman–Crippen LogP) is 5.23. The molecule has 0 aromatic rings. The van der Waals surface area contributed by atoms with Gasteiger partial charge in [-0.1, -0.05) is 22.9 Å². The number of Topliss-reactive ketones (excluding diaryl/α,β-unsaturated/α-hetero) is 1. The molecule has 0 spiro atoms. The Hall–Kier alpha value is 0.110. The second kappa shape index (κ2) is 6.68. The molecule has 3 heteroatoms. The highest BCUT2D eigenvalue weighted by Gasteiger charge is 2.58. The van der Waals surface area contributed by atoms with Crippen LogP contribution in [0.25, 0.3) is 0 Å². The Balaban J connectivity index is 1.52. The van der Waals surface area contributed by atoms with Crippen molar-refractivity contribution < 1.29 is 9.53 Å². The molecule has 0 bridgehead atoms. The van der Waals surface area contributed by atoms with Gasteiger partial charge >= 0.3 is 0 Å². The molecular weight excluding hydrogens is 364 g/mol. The van der Waals surface area contributed by atoms with Crippen LogP contribution in [0.1, 0.15) is 64.7 Å². The third kappa shape index (κ3) is 2.64. The normalized spacial score (nSPS) is 50.7. The van der Waals surface area contributed by atoms with Crippen molar-refractivity contribution in [3.8, 4) is 0 Å². The third-order valence-electron chi connectivity index (χ3n) is 8.76. The molecule has 8 unspecified atom stereocenters. The second-order valence-electron chi connectivity index (χ2n) is 9.38. The van der Waals surface area contributed by atoms with E-state index in [4.69, 9.17) is 4.74 Å². The average Bonchev–Trinajstić information content (AvgIpc) is 2.97. The molecule has 4 aliphatic carbocycles. The summed E-state index contributed by atoms with van der Waals surface area (Å²) in [4.78, 5) is 12.5. The van der Waals surface area contributed by atoms with Gasteiger partial charge in [-0.2, -0.15) is 0 Å². The molecule has 0 aromatic carbocycles. The highest BCUT2D eigenvalue weighted by Crippen LogP contribution is 2.64. The first-order valence-corrected chi connectivity index (χ1v) is 11.3. The van der Waals surface area contributed by atoms with Crippen LogP contribution >= 0.6 is 15.9 Å². The zero-order chi connectivity index (χ0) is 16.9. The van der Waals surface area contributed by atoms with Crippen molar-refractivity contribution in [2.24, 2.45) is 40.9 Å². The third-order valence-corrected chi connectivity index (χ3v) is 9.31. The van der Waals surface area contributed by atoms with Crippen LogP contribution in [-0.4, -0.2) is 24.3 Å². The van der Waals surface area contributed by atoms with Crippen LogP contribution in [0, 0.1) is 40.9 Å². The van der Waals surface area contributed by atoms with Gasteiger partial charge in [0, 0.05) is 13.0 Å². The lowest BCUT2D eigenvalue weighted by molar-refractivity contribution is -0.128. The van der Waals surface area contributed by atoms with Crippen molar-refractivity contribution in [2.45, 2.75) is 70.8 Å². The molecule has 0 heterocycles. The van der Waals surface area contributed by atoms with Crippen molar-refractivity contribution in [3.05, 3.63) is 0 Å². The number of ether oxygens (including phenoxy) is 1. The summed E-state index contributed by atoms with van der Waals surface area (Å²) in [6.45, 7) is 2.46. The highest BCUT2D eigenvalue weighted by atomic mass is 79.9. The molecule has 136 valence electrons. The summed E-state index contributed by atoms with van der Waals surface area (Å²) < 4.78 is 5.67. The van der Waals surface area contributed by atoms with Gasteiger partial charge in [0.1, 0.15) is 5.78 Å². The van der Waals surface area contributed by atoms with Crippen molar-refractivity contribution in [1.82, 2.24) is 0 Å². The summed E-state index contributed by atoms with van der Waals surface area (Å²) in [7, 11) is 1.89. The molecule has 4 fully saturated rings. The van der Waals surface area contributed by atoms with Gasteiger partial charge in [0.15, 0.2) is 0 Å². The smallest absolute Gasteiger partial charge is 0.147 e. The Morgan fingerprint density at radius 1 is 1.04 bits per heavy atom. The summed E-state index contributed by atoms with van der Waals surface area (Å²) >= 11 is 3.43. The van der Waals surface area contributed by atoms with Crippen molar-refractivity contribution in [1.29, 1.82) is 0 Å². The Kier molecular flexibility index (Phi) is 4.88. The van der Waals surface area contributed by atoms with Gasteiger partial charge in [-0.05, 0) is 92.8 Å². The largest absolute Gasteiger partial charge is 0.381 e. The Morgan fingerprint density at radius 3 is 2.58 bits per heavy atom. The minimum Gasteiger partial charge on any atom is -0.381 e. The molecular formula is C21H33BrO2. The van der Waals surface area contributed by atoms with E-state index in [1.807, 2.05) is 7.11 Å². The maximum Gasteiger partial charge on any atom is 0.147 e. The van der Waals surface area contributed by atoms with Gasteiger partial charge in [0.25, 0.3) is 0 Å². The molecule has 4 aliphatic rings. The quantitative estimate of drug-likeness (QED) is 0.610. The van der Waals surface area contributed by atoms with E-state index >= 15 is 0 Å². The van der Waals surface area contributed by atoms with E-state index in [0.29, 0.717) is 28.6 Å². The number of methoxy groups -OCH3 is 1. The van der Waals surface area contributed by atoms with Gasteiger partial charge in [-0.15, -0.1) is 0 Å². The van der Waals surface area contributed by atoms with Crippen molar-refractivity contribution >= 4 is 21.7 Å². The van der Waals surface area contributed by atoms with E-state index in [9.17, 15) is 4.79 Å². The fourth-order valence-corrected chi connectivity index (χ4v) is 8.04. The van der Waals surface area contributed by atoms with Crippen molar-refractivity contribution in [3.63, 3.8) is 0 Å². The maximum atomic E-state index is 12.5. The van der Waals surface area contributed by atoms with Crippen LogP contribution in [0.4, 0.5) is 0 Å². The summed E-state index contributed by atoms with van der Waals surface area (Å²) in [5.41, 5.74) is 0.294. The monoisotopic (exact) mass is 396 g/mol. The summed E-state index contributed by atoms with van der Waals surface area (Å²) in [5.74, 6) is 5.30. The maximum absolute atomic E-state index is 12.5. The van der Waals surface area contributed by atoms with Crippen LogP contribution in [0.3, 0.4) is 0 Å². The number of hydrogen-bond donors (Lipinski definition) is 0. The lowest BCUT2D eigenvalue weighted by atomic mass is 9.49. The van der Waals surface area contributed by atoms with E-state index in [1.165, 1.54) is 51.4 Å². The summed E-state index contributed by atoms with van der Waals surface area (Å²) in [6.07, 6.45) is 12.4. The summed E-state index contributed by atoms with van der Waals surface area (Å²) in [6, 6.07) is 0. The van der Waals surface area contributed by atoms with E-state index in [1.54, 1.807) is 0 Å². The Morgan fingerprint density at radius 2 is 1.83 bits per heavy atom. The van der Waals surface area contributed by atoms with E-state index in [-0.39, 0.29) is 0 Å². The number of carbonyl (C=O) groups is 1. The van der Waals surface area contributed by atoms with Crippen LogP contribution < -0.4 is 0 Å². The van der Waals surface area contributed by atoms with Crippen LogP contribution in [0.2, 0.25) is 0 Å². The first kappa shape index (κ1) is 17.5. The molecule has 0 amide bonds. The Bertz CT molecular complexity index is 492. The van der Waals surface area contributed by atoms with Gasteiger partial charge < -0.3 is 4.74 Å². The molecule has 0 radical (unpaired) electrons. The molecule has 4 rings (SSSR count). The van der Waals surface area contributed by atoms with E-state index in [0.717, 1.165) is 36.0 Å². The molecule has 4 saturated carbocycles. The van der Waals surface area contributed by atoms with E-state index in [2.05, 4.69) is 22.9 Å². The molecule has 0 aliphatic heterocycles. The first-order chi connectivity index (χ1) is 11.6. The Labute approximate surface area is 155 Å². The number of alkyl halides is 1. The van der Waals surface area contributed by atoms with Crippen LogP contribution in [0.5, 0.6) is 0 Å². The highest BCUT2D eigenvalue weighted by molar-refractivity contribution is 9.09. The lowest BCUT2D eigenvalue weighted by Gasteiger charge is -2.56. The number of rotatable bonds is 3. The fraction of sp³-hybridized carbons (Fsp3) is 0.952. The zero-order valence-corrected chi connectivity index (χ0v) is 16.9. The van der Waals surface area contributed by atoms with Crippen LogP contribution in [0.15, 0.2) is 0 Å². The molecule has 2 nitrogen and oxygen atoms in total. The average molecular weight is 397 g/mol. The van der Waals surface area contributed by atoms with Gasteiger partial charge in [-0.25, -0.2) is 0 Å². The zero-order valence-electron chi connectivity index (χ0n) is 15.3. The molecule has 0 saturated heterocycles. The number of ketones is 1. The fourth-order valence-electron chi connectivity index (χ4n) is 7.65. The lowest BCUT2D eigenvalue weighted by Crippen LogP contribution is -2.49. The molecule has 24 heavy (non-hydrogen) atoms. The summed E-state index contributed by atoms with van der Waals surface area (Å²) in [5, 5.41) is 0.553. The number of fused-ring (bicyclic) bond motifs is 5. The minimum absolute atomic E-state index is 0.294. The standard InChI is InChI=1S/C21H33BrO2/c1-21-10-9-16-15-6-4-14(24-2)11-13(15)3-5-17(16)18(21)7-8-19(21)20(23)12-22/h13-19H,3-12H2,1-2H3. The molecule has 8 atom stereocenters. The van der Waals surface area contributed by atoms with E-state index < -0.39 is 0 Å². The van der Waals surface area contributed by atoms with Gasteiger partial charge in [-0.3, -0.25) is 4.79 Å². The van der Waals surface area contributed by atoms with Crippen LogP contribution in [-0.2, 0) is 9.53 Å². The number of carbonyl (C=O) groups excluding carboxylic acids is 1. The first-order valence-electron chi connectivity index (χ1n) is 10.2. The second-order valence-corrected chi connectivity index (χ2v) is 9.94. The molecule has 0 N–H and O–H groups in total. The van der Waals surface area contributed by atoms with Crippen molar-refractivity contribution in [2.75, 3.05) is 12.4 Å².